The Kier molecular flexibility index (Phi) is 31.7. The van der Waals surface area contributed by atoms with Crippen LogP contribution in [0.5, 0.6) is 0 Å². The van der Waals surface area contributed by atoms with Crippen molar-refractivity contribution >= 4 is 0 Å². The molecule has 0 unspecified atom stereocenters. The van der Waals surface area contributed by atoms with Gasteiger partial charge >= 0.3 is 0 Å². The van der Waals surface area contributed by atoms with Crippen LogP contribution in [-0.2, 0) is 0 Å². The molecule has 0 aromatic rings. The Hall–Kier alpha value is -0.660. The van der Waals surface area contributed by atoms with E-state index in [1.54, 1.807) is 0 Å². The second kappa shape index (κ2) is 33.7. The predicted octanol–water partition coefficient (Wildman–Crippen LogP) is 14.7. The van der Waals surface area contributed by atoms with Gasteiger partial charge in [0.15, 0.2) is 0 Å². The molecule has 0 aliphatic carbocycles. The molecule has 44 heavy (non-hydrogen) atoms. The summed E-state index contributed by atoms with van der Waals surface area (Å²) < 4.78 is 0. The van der Waals surface area contributed by atoms with Gasteiger partial charge in [0.2, 0.25) is 0 Å². The fraction of sp³-hybridized carbons (Fsp3) is 0.952. The molecule has 0 atom stereocenters. The Labute approximate surface area is 280 Å². The summed E-state index contributed by atoms with van der Waals surface area (Å²) in [5.74, 6) is 0. The van der Waals surface area contributed by atoms with Gasteiger partial charge in [-0.25, -0.2) is 0 Å². The first-order valence-electron chi connectivity index (χ1n) is 21.0. The first-order chi connectivity index (χ1) is 21.8. The van der Waals surface area contributed by atoms with E-state index in [1.807, 2.05) is 0 Å². The summed E-state index contributed by atoms with van der Waals surface area (Å²) in [5, 5.41) is 0. The highest BCUT2D eigenvalue weighted by molar-refractivity contribution is 4.97. The van der Waals surface area contributed by atoms with Crippen molar-refractivity contribution in [3.8, 4) is 0 Å². The molecule has 1 aliphatic rings. The minimum Gasteiger partial charge on any atom is -0.356 e. The molecule has 0 N–H and O–H groups in total. The molecule has 1 heterocycles. The molecule has 262 valence electrons. The van der Waals surface area contributed by atoms with Crippen molar-refractivity contribution in [2.24, 2.45) is 0 Å². The van der Waals surface area contributed by atoms with Gasteiger partial charge in [0, 0.05) is 25.5 Å². The SMILES string of the molecule is CCCCCCCCCCCCCCN1C=CN(CCCCCCCCCCCCCC)C1CCCCCCCCCCC. The molecule has 0 radical (unpaired) electrons. The van der Waals surface area contributed by atoms with Crippen molar-refractivity contribution in [2.45, 2.75) is 245 Å². The molecular formula is C42H84N2. The highest BCUT2D eigenvalue weighted by Crippen LogP contribution is 2.24. The van der Waals surface area contributed by atoms with E-state index < -0.39 is 0 Å². The molecule has 0 bridgehead atoms. The first kappa shape index (κ1) is 41.4. The largest absolute Gasteiger partial charge is 0.356 e. The third kappa shape index (κ3) is 25.5. The first-order valence-corrected chi connectivity index (χ1v) is 21.0. The molecule has 2 nitrogen and oxygen atoms in total. The zero-order valence-electron chi connectivity index (χ0n) is 31.1. The fourth-order valence-corrected chi connectivity index (χ4v) is 7.25. The molecule has 0 aromatic carbocycles. The lowest BCUT2D eigenvalue weighted by Gasteiger charge is -2.33. The summed E-state index contributed by atoms with van der Waals surface area (Å²) in [4.78, 5) is 5.45. The van der Waals surface area contributed by atoms with Gasteiger partial charge in [-0.05, 0) is 25.7 Å². The molecule has 2 heteroatoms. The maximum absolute atomic E-state index is 2.72. The third-order valence-corrected chi connectivity index (χ3v) is 10.3. The van der Waals surface area contributed by atoms with Gasteiger partial charge < -0.3 is 9.80 Å². The monoisotopic (exact) mass is 617 g/mol. The lowest BCUT2D eigenvalue weighted by Crippen LogP contribution is -2.39. The van der Waals surface area contributed by atoms with Gasteiger partial charge in [0.1, 0.15) is 6.17 Å². The number of hydrogen-bond acceptors (Lipinski definition) is 2. The molecule has 1 aliphatic heterocycles. The predicted molar refractivity (Wildman–Crippen MR) is 200 cm³/mol. The Morgan fingerprint density at radius 3 is 0.795 bits per heavy atom. The minimum atomic E-state index is 0.639. The summed E-state index contributed by atoms with van der Waals surface area (Å²) in [5.41, 5.74) is 0. The Morgan fingerprint density at radius 2 is 0.523 bits per heavy atom. The van der Waals surface area contributed by atoms with E-state index >= 15 is 0 Å². The molecule has 0 saturated carbocycles. The van der Waals surface area contributed by atoms with E-state index in [0.717, 1.165) is 0 Å². The zero-order valence-corrected chi connectivity index (χ0v) is 31.1. The van der Waals surface area contributed by atoms with Gasteiger partial charge in [0.25, 0.3) is 0 Å². The normalized spacial score (nSPS) is 13.6. The Bertz CT molecular complexity index is 534. The topological polar surface area (TPSA) is 6.48 Å². The van der Waals surface area contributed by atoms with Crippen LogP contribution >= 0.6 is 0 Å². The maximum Gasteiger partial charge on any atom is 0.101 e. The van der Waals surface area contributed by atoms with Crippen molar-refractivity contribution in [2.75, 3.05) is 13.1 Å². The standard InChI is InChI=1S/C42H84N2/c1-4-7-10-13-16-19-21-23-26-29-32-35-38-43-40-41-44(42(43)37-34-31-28-25-18-15-12-9-6-3)39-36-33-30-27-24-22-20-17-14-11-8-5-2/h40-42H,4-39H2,1-3H3. The number of hydrogen-bond donors (Lipinski definition) is 0. The molecule has 1 rings (SSSR count). The van der Waals surface area contributed by atoms with Crippen molar-refractivity contribution in [1.82, 2.24) is 9.80 Å². The second-order valence-corrected chi connectivity index (χ2v) is 14.6. The van der Waals surface area contributed by atoms with Crippen LogP contribution in [0.2, 0.25) is 0 Å². The summed E-state index contributed by atoms with van der Waals surface area (Å²) in [6.07, 6.45) is 54.4. The highest BCUT2D eigenvalue weighted by atomic mass is 15.4. The quantitative estimate of drug-likeness (QED) is 0.0646. The van der Waals surface area contributed by atoms with Crippen LogP contribution in [0.15, 0.2) is 12.4 Å². The second-order valence-electron chi connectivity index (χ2n) is 14.6. The Morgan fingerprint density at radius 1 is 0.295 bits per heavy atom. The maximum atomic E-state index is 2.72. The van der Waals surface area contributed by atoms with Crippen molar-refractivity contribution in [1.29, 1.82) is 0 Å². The van der Waals surface area contributed by atoms with Crippen LogP contribution in [0.1, 0.15) is 239 Å². The molecule has 0 spiro atoms. The minimum absolute atomic E-state index is 0.639. The summed E-state index contributed by atoms with van der Waals surface area (Å²) in [6.45, 7) is 9.49. The highest BCUT2D eigenvalue weighted by Gasteiger charge is 2.24. The van der Waals surface area contributed by atoms with Gasteiger partial charge in [0.05, 0.1) is 0 Å². The molecule has 0 amide bonds. The van der Waals surface area contributed by atoms with Crippen LogP contribution in [0, 0.1) is 0 Å². The van der Waals surface area contributed by atoms with E-state index in [9.17, 15) is 0 Å². The molecular weight excluding hydrogens is 532 g/mol. The van der Waals surface area contributed by atoms with Crippen LogP contribution in [0.3, 0.4) is 0 Å². The van der Waals surface area contributed by atoms with Gasteiger partial charge in [-0.1, -0.05) is 213 Å². The lowest BCUT2D eigenvalue weighted by atomic mass is 10.0. The molecule has 0 fully saturated rings. The van der Waals surface area contributed by atoms with Crippen LogP contribution < -0.4 is 0 Å². The third-order valence-electron chi connectivity index (χ3n) is 10.3. The van der Waals surface area contributed by atoms with Gasteiger partial charge in [-0.15, -0.1) is 0 Å². The lowest BCUT2D eigenvalue weighted by molar-refractivity contribution is 0.135. The zero-order chi connectivity index (χ0) is 31.6. The summed E-state index contributed by atoms with van der Waals surface area (Å²) in [6, 6.07) is 0. The van der Waals surface area contributed by atoms with E-state index in [0.29, 0.717) is 6.17 Å². The van der Waals surface area contributed by atoms with E-state index in [2.05, 4.69) is 43.0 Å². The van der Waals surface area contributed by atoms with Gasteiger partial charge in [-0.3, -0.25) is 0 Å². The number of unbranched alkanes of at least 4 members (excludes halogenated alkanes) is 30. The van der Waals surface area contributed by atoms with Crippen molar-refractivity contribution < 1.29 is 0 Å². The van der Waals surface area contributed by atoms with E-state index in [1.165, 1.54) is 231 Å². The van der Waals surface area contributed by atoms with Crippen molar-refractivity contribution in [3.05, 3.63) is 12.4 Å². The van der Waals surface area contributed by atoms with E-state index in [-0.39, 0.29) is 0 Å². The van der Waals surface area contributed by atoms with Crippen LogP contribution in [0.4, 0.5) is 0 Å². The van der Waals surface area contributed by atoms with Gasteiger partial charge in [-0.2, -0.15) is 0 Å². The smallest absolute Gasteiger partial charge is 0.101 e. The average molecular weight is 617 g/mol. The molecule has 0 saturated heterocycles. The number of rotatable bonds is 36. The summed E-state index contributed by atoms with van der Waals surface area (Å²) >= 11 is 0. The van der Waals surface area contributed by atoms with E-state index in [4.69, 9.17) is 0 Å². The fourth-order valence-electron chi connectivity index (χ4n) is 7.25. The van der Waals surface area contributed by atoms with Crippen LogP contribution in [0.25, 0.3) is 0 Å². The number of nitrogens with zero attached hydrogens (tertiary/aromatic N) is 2. The molecule has 0 aromatic heterocycles. The van der Waals surface area contributed by atoms with Crippen LogP contribution in [-0.4, -0.2) is 29.1 Å². The van der Waals surface area contributed by atoms with Crippen molar-refractivity contribution in [3.63, 3.8) is 0 Å². The summed E-state index contributed by atoms with van der Waals surface area (Å²) in [7, 11) is 0. The Balaban J connectivity index is 2.21. The average Bonchev–Trinajstić information content (AvgIpc) is 3.42.